The van der Waals surface area contributed by atoms with Gasteiger partial charge in [-0.2, -0.15) is 0 Å². The van der Waals surface area contributed by atoms with Gasteiger partial charge < -0.3 is 15.0 Å². The van der Waals surface area contributed by atoms with Gasteiger partial charge in [0.15, 0.2) is 12.4 Å². The topological polar surface area (TPSA) is 75.7 Å². The van der Waals surface area contributed by atoms with Crippen molar-refractivity contribution in [3.63, 3.8) is 0 Å². The normalized spacial score (nSPS) is 10.4. The first-order valence-corrected chi connectivity index (χ1v) is 9.66. The van der Waals surface area contributed by atoms with Crippen LogP contribution in [0, 0.1) is 13.8 Å². The van der Waals surface area contributed by atoms with Crippen LogP contribution >= 0.6 is 11.6 Å². The largest absolute Gasteiger partial charge is 0.483 e. The van der Waals surface area contributed by atoms with Crippen molar-refractivity contribution in [3.05, 3.63) is 58.1 Å². The molecule has 0 saturated heterocycles. The van der Waals surface area contributed by atoms with Crippen LogP contribution in [-0.2, 0) is 9.59 Å². The Balaban J connectivity index is 1.96. The summed E-state index contributed by atoms with van der Waals surface area (Å²) in [5.74, 6) is -0.516. The lowest BCUT2D eigenvalue weighted by molar-refractivity contribution is -0.135. The summed E-state index contributed by atoms with van der Waals surface area (Å²) in [6, 6.07) is 10.4. The molecule has 0 radical (unpaired) electrons. The fourth-order valence-corrected chi connectivity index (χ4v) is 2.95. The summed E-state index contributed by atoms with van der Waals surface area (Å²) in [5, 5.41) is 3.26. The number of ether oxygens (including phenoxy) is 1. The number of nitrogens with zero attached hydrogens (tertiary/aromatic N) is 1. The van der Waals surface area contributed by atoms with Gasteiger partial charge in [0.25, 0.3) is 5.91 Å². The minimum Gasteiger partial charge on any atom is -0.483 e. The number of benzene rings is 2. The summed E-state index contributed by atoms with van der Waals surface area (Å²) in [7, 11) is 1.52. The van der Waals surface area contributed by atoms with Crippen molar-refractivity contribution in [2.75, 3.05) is 25.5 Å². The Morgan fingerprint density at radius 3 is 2.38 bits per heavy atom. The molecular formula is C22H25ClN2O4. The van der Waals surface area contributed by atoms with Crippen LogP contribution in [0.15, 0.2) is 36.4 Å². The zero-order chi connectivity index (χ0) is 21.6. The van der Waals surface area contributed by atoms with Crippen LogP contribution in [0.4, 0.5) is 5.69 Å². The maximum atomic E-state index is 12.4. The van der Waals surface area contributed by atoms with Crippen LogP contribution in [0.1, 0.15) is 34.8 Å². The van der Waals surface area contributed by atoms with E-state index >= 15 is 0 Å². The van der Waals surface area contributed by atoms with Gasteiger partial charge in [0.2, 0.25) is 5.91 Å². The maximum absolute atomic E-state index is 12.4. The molecule has 7 heteroatoms. The van der Waals surface area contributed by atoms with Gasteiger partial charge in [0, 0.05) is 24.2 Å². The predicted octanol–water partition coefficient (Wildman–Crippen LogP) is 4.03. The molecular weight excluding hydrogens is 392 g/mol. The summed E-state index contributed by atoms with van der Waals surface area (Å²) < 4.78 is 5.53. The number of nitrogens with one attached hydrogen (secondary N) is 1. The zero-order valence-corrected chi connectivity index (χ0v) is 17.8. The number of aryl methyl sites for hydroxylation is 2. The molecule has 0 aliphatic rings. The van der Waals surface area contributed by atoms with Crippen molar-refractivity contribution in [2.45, 2.75) is 27.2 Å². The van der Waals surface area contributed by atoms with Crippen LogP contribution in [0.5, 0.6) is 5.75 Å². The average Bonchev–Trinajstić information content (AvgIpc) is 2.68. The Kier molecular flexibility index (Phi) is 7.79. The zero-order valence-electron chi connectivity index (χ0n) is 17.0. The number of Topliss-reactive ketones (excluding diaryl/α,β-unsaturated/α-hetero) is 1. The van der Waals surface area contributed by atoms with Gasteiger partial charge in [-0.15, -0.1) is 0 Å². The third kappa shape index (κ3) is 6.06. The molecule has 29 heavy (non-hydrogen) atoms. The van der Waals surface area contributed by atoms with Gasteiger partial charge >= 0.3 is 0 Å². The minimum absolute atomic E-state index is 0.114. The minimum atomic E-state index is -0.383. The SMILES string of the molecule is CCC(=O)c1cc(Cl)ccc1OCC(=O)N(C)CC(=O)Nc1c(C)cccc1C. The second kappa shape index (κ2) is 10.1. The highest BCUT2D eigenvalue weighted by Gasteiger charge is 2.17. The van der Waals surface area contributed by atoms with E-state index in [0.717, 1.165) is 16.8 Å². The van der Waals surface area contributed by atoms with Crippen LogP contribution in [0.25, 0.3) is 0 Å². The number of halogens is 1. The molecule has 0 unspecified atom stereocenters. The molecule has 2 aromatic carbocycles. The van der Waals surface area contributed by atoms with E-state index in [2.05, 4.69) is 5.32 Å². The summed E-state index contributed by atoms with van der Waals surface area (Å²) in [4.78, 5) is 38.0. The van der Waals surface area contributed by atoms with Crippen molar-refractivity contribution in [1.29, 1.82) is 0 Å². The quantitative estimate of drug-likeness (QED) is 0.659. The highest BCUT2D eigenvalue weighted by atomic mass is 35.5. The van der Waals surface area contributed by atoms with E-state index in [9.17, 15) is 14.4 Å². The number of rotatable bonds is 8. The average molecular weight is 417 g/mol. The van der Waals surface area contributed by atoms with Gasteiger partial charge in [-0.3, -0.25) is 14.4 Å². The molecule has 0 fully saturated rings. The number of ketones is 1. The highest BCUT2D eigenvalue weighted by molar-refractivity contribution is 6.31. The number of carbonyl (C=O) groups excluding carboxylic acids is 3. The van der Waals surface area contributed by atoms with Crippen molar-refractivity contribution in [3.8, 4) is 5.75 Å². The second-order valence-corrected chi connectivity index (χ2v) is 7.21. The van der Waals surface area contributed by atoms with Gasteiger partial charge in [-0.05, 0) is 43.2 Å². The van der Waals surface area contributed by atoms with E-state index in [4.69, 9.17) is 16.3 Å². The Morgan fingerprint density at radius 1 is 1.10 bits per heavy atom. The summed E-state index contributed by atoms with van der Waals surface area (Å²) in [5.41, 5.74) is 2.99. The van der Waals surface area contributed by atoms with E-state index in [1.807, 2.05) is 32.0 Å². The fraction of sp³-hybridized carbons (Fsp3) is 0.318. The number of anilines is 1. The van der Waals surface area contributed by atoms with Gasteiger partial charge in [0.05, 0.1) is 12.1 Å². The first kappa shape index (κ1) is 22.4. The molecule has 2 aromatic rings. The first-order chi connectivity index (χ1) is 13.7. The van der Waals surface area contributed by atoms with Crippen molar-refractivity contribution in [1.82, 2.24) is 4.90 Å². The molecule has 0 spiro atoms. The van der Waals surface area contributed by atoms with Crippen molar-refractivity contribution in [2.24, 2.45) is 0 Å². The molecule has 0 saturated carbocycles. The fourth-order valence-electron chi connectivity index (χ4n) is 2.78. The standard InChI is InChI=1S/C22H25ClN2O4/c1-5-18(26)17-11-16(23)9-10-19(17)29-13-21(28)25(4)12-20(27)24-22-14(2)7-6-8-15(22)3/h6-11H,5,12-13H2,1-4H3,(H,24,27). The lowest BCUT2D eigenvalue weighted by Gasteiger charge is -2.19. The van der Waals surface area contributed by atoms with Crippen LogP contribution in [0.3, 0.4) is 0 Å². The van der Waals surface area contributed by atoms with E-state index in [1.165, 1.54) is 18.0 Å². The third-order valence-electron chi connectivity index (χ3n) is 4.47. The second-order valence-electron chi connectivity index (χ2n) is 6.77. The Hall–Kier alpha value is -2.86. The molecule has 6 nitrogen and oxygen atoms in total. The van der Waals surface area contributed by atoms with Crippen molar-refractivity contribution < 1.29 is 19.1 Å². The van der Waals surface area contributed by atoms with E-state index in [-0.39, 0.29) is 30.7 Å². The molecule has 0 bridgehead atoms. The van der Waals surface area contributed by atoms with Crippen molar-refractivity contribution >= 4 is 34.9 Å². The van der Waals surface area contributed by atoms with Gasteiger partial charge in [-0.1, -0.05) is 36.7 Å². The van der Waals surface area contributed by atoms with Gasteiger partial charge in [0.1, 0.15) is 5.75 Å². The molecule has 2 rings (SSSR count). The number of hydrogen-bond donors (Lipinski definition) is 1. The summed E-state index contributed by atoms with van der Waals surface area (Å²) in [6.45, 7) is 5.15. The molecule has 1 N–H and O–H groups in total. The number of likely N-dealkylation sites (N-methyl/N-ethyl adjacent to an activating group) is 1. The Labute approximate surface area is 175 Å². The molecule has 0 aliphatic heterocycles. The molecule has 0 heterocycles. The Morgan fingerprint density at radius 2 is 1.76 bits per heavy atom. The lowest BCUT2D eigenvalue weighted by atomic mass is 10.1. The summed E-state index contributed by atoms with van der Waals surface area (Å²) >= 11 is 5.95. The van der Waals surface area contributed by atoms with E-state index in [1.54, 1.807) is 19.1 Å². The van der Waals surface area contributed by atoms with Crippen LogP contribution in [-0.4, -0.2) is 42.7 Å². The summed E-state index contributed by atoms with van der Waals surface area (Å²) in [6.07, 6.45) is 0.295. The molecule has 0 aromatic heterocycles. The molecule has 0 atom stereocenters. The monoisotopic (exact) mass is 416 g/mol. The maximum Gasteiger partial charge on any atom is 0.260 e. The van der Waals surface area contributed by atoms with Crippen LogP contribution < -0.4 is 10.1 Å². The first-order valence-electron chi connectivity index (χ1n) is 9.28. The van der Waals surface area contributed by atoms with E-state index in [0.29, 0.717) is 22.8 Å². The molecule has 0 aliphatic carbocycles. The number of hydrogen-bond acceptors (Lipinski definition) is 4. The molecule has 2 amide bonds. The predicted molar refractivity (Wildman–Crippen MR) is 114 cm³/mol. The third-order valence-corrected chi connectivity index (χ3v) is 4.70. The smallest absolute Gasteiger partial charge is 0.260 e. The van der Waals surface area contributed by atoms with E-state index < -0.39 is 0 Å². The number of amides is 2. The Bertz CT molecular complexity index is 907. The van der Waals surface area contributed by atoms with Gasteiger partial charge in [-0.25, -0.2) is 0 Å². The number of para-hydroxylation sites is 1. The number of carbonyl (C=O) groups is 3. The van der Waals surface area contributed by atoms with Crippen LogP contribution in [0.2, 0.25) is 5.02 Å². The highest BCUT2D eigenvalue weighted by Crippen LogP contribution is 2.24. The lowest BCUT2D eigenvalue weighted by Crippen LogP contribution is -2.37. The molecule has 154 valence electrons.